The molecule has 4 fully saturated rings. The number of aliphatic hydroxyl groups excluding tert-OH is 1. The summed E-state index contributed by atoms with van der Waals surface area (Å²) in [4.78, 5) is 0. The van der Waals surface area contributed by atoms with E-state index in [2.05, 4.69) is 83.1 Å². The average Bonchev–Trinajstić information content (AvgIpc) is 3.02. The van der Waals surface area contributed by atoms with Crippen LogP contribution in [0, 0.1) is 59.2 Å². The molecule has 278 valence electrons. The van der Waals surface area contributed by atoms with Crippen LogP contribution < -0.4 is 0 Å². The monoisotopic (exact) mass is 653 g/mol. The molecule has 0 radical (unpaired) electrons. The summed E-state index contributed by atoms with van der Waals surface area (Å²) < 4.78 is 10.5. The summed E-state index contributed by atoms with van der Waals surface area (Å²) in [5.41, 5.74) is 0. The molecule has 3 nitrogen and oxygen atoms in total. The largest absolute Gasteiger partial charge is 0.393 e. The van der Waals surface area contributed by atoms with Crippen LogP contribution in [-0.4, -0.2) is 37.6 Å². The quantitative estimate of drug-likeness (QED) is 0.283. The lowest BCUT2D eigenvalue weighted by Gasteiger charge is -2.28. The van der Waals surface area contributed by atoms with Crippen LogP contribution in [0.2, 0.25) is 0 Å². The van der Waals surface area contributed by atoms with Crippen molar-refractivity contribution in [2.75, 3.05) is 26.4 Å². The van der Waals surface area contributed by atoms with Crippen molar-refractivity contribution in [3.05, 3.63) is 0 Å². The molecule has 4 rings (SSSR count). The van der Waals surface area contributed by atoms with Gasteiger partial charge in [-0.15, -0.1) is 0 Å². The number of unbranched alkanes of at least 4 members (excludes halogenated alkanes) is 1. The van der Waals surface area contributed by atoms with E-state index in [1.165, 1.54) is 89.9 Å². The van der Waals surface area contributed by atoms with E-state index in [1.807, 2.05) is 0 Å². The molecule has 0 atom stereocenters. The van der Waals surface area contributed by atoms with Crippen LogP contribution in [0.4, 0.5) is 0 Å². The first-order chi connectivity index (χ1) is 21.8. The molecule has 46 heavy (non-hydrogen) atoms. The van der Waals surface area contributed by atoms with Crippen molar-refractivity contribution in [1.82, 2.24) is 0 Å². The Labute approximate surface area is 291 Å². The average molecular weight is 653 g/mol. The molecule has 3 heteroatoms. The fraction of sp³-hybridized carbons (Fsp3) is 1.00. The van der Waals surface area contributed by atoms with Gasteiger partial charge in [0.25, 0.3) is 0 Å². The molecular weight excluding hydrogens is 564 g/mol. The van der Waals surface area contributed by atoms with Gasteiger partial charge in [-0.1, -0.05) is 115 Å². The summed E-state index contributed by atoms with van der Waals surface area (Å²) in [7, 11) is 0. The summed E-state index contributed by atoms with van der Waals surface area (Å²) in [6.07, 6.45) is 21.1. The van der Waals surface area contributed by atoms with Gasteiger partial charge in [-0.25, -0.2) is 0 Å². The van der Waals surface area contributed by atoms with Gasteiger partial charge in [0.2, 0.25) is 0 Å². The topological polar surface area (TPSA) is 38.7 Å². The Morgan fingerprint density at radius 2 is 0.913 bits per heavy atom. The van der Waals surface area contributed by atoms with Crippen LogP contribution in [-0.2, 0) is 9.47 Å². The van der Waals surface area contributed by atoms with E-state index in [9.17, 15) is 5.11 Å². The summed E-state index contributed by atoms with van der Waals surface area (Å²) in [5, 5.41) is 9.21. The number of hydrogen-bond acceptors (Lipinski definition) is 3. The molecule has 0 aromatic heterocycles. The Hall–Kier alpha value is -0.120. The fourth-order valence-corrected chi connectivity index (χ4v) is 7.36. The van der Waals surface area contributed by atoms with Gasteiger partial charge in [0.05, 0.1) is 6.10 Å². The first kappa shape index (κ1) is 45.9. The summed E-state index contributed by atoms with van der Waals surface area (Å²) >= 11 is 0. The minimum atomic E-state index is 0.00926. The van der Waals surface area contributed by atoms with E-state index in [0.29, 0.717) is 0 Å². The summed E-state index contributed by atoms with van der Waals surface area (Å²) in [6.45, 7) is 31.6. The molecule has 0 bridgehead atoms. The van der Waals surface area contributed by atoms with Crippen molar-refractivity contribution in [1.29, 1.82) is 0 Å². The van der Waals surface area contributed by atoms with Crippen molar-refractivity contribution < 1.29 is 14.6 Å². The molecule has 0 unspecified atom stereocenters. The van der Waals surface area contributed by atoms with E-state index in [0.717, 1.165) is 98.4 Å². The van der Waals surface area contributed by atoms with Crippen LogP contribution in [0.25, 0.3) is 0 Å². The Morgan fingerprint density at radius 1 is 0.522 bits per heavy atom. The highest BCUT2D eigenvalue weighted by molar-refractivity contribution is 4.73. The van der Waals surface area contributed by atoms with Crippen molar-refractivity contribution in [3.8, 4) is 0 Å². The number of hydrogen-bond donors (Lipinski definition) is 1. The van der Waals surface area contributed by atoms with Crippen LogP contribution in [0.15, 0.2) is 0 Å². The van der Waals surface area contributed by atoms with E-state index in [4.69, 9.17) is 9.47 Å². The maximum Gasteiger partial charge on any atom is 0.0540 e. The third-order valence-electron chi connectivity index (χ3n) is 11.2. The summed E-state index contributed by atoms with van der Waals surface area (Å²) in [6, 6.07) is 0. The lowest BCUT2D eigenvalue weighted by molar-refractivity contribution is 0.0523. The molecule has 2 aliphatic heterocycles. The van der Waals surface area contributed by atoms with Crippen molar-refractivity contribution >= 4 is 0 Å². The molecule has 0 aromatic rings. The molecule has 1 N–H and O–H groups in total. The van der Waals surface area contributed by atoms with Gasteiger partial charge in [0.15, 0.2) is 0 Å². The van der Waals surface area contributed by atoms with Gasteiger partial charge in [0.1, 0.15) is 0 Å². The molecule has 2 saturated heterocycles. The zero-order valence-corrected chi connectivity index (χ0v) is 33.8. The molecule has 2 aliphatic carbocycles. The Bertz CT molecular complexity index is 588. The number of rotatable bonds is 8. The highest BCUT2D eigenvalue weighted by Gasteiger charge is 2.22. The van der Waals surface area contributed by atoms with Crippen molar-refractivity contribution in [3.63, 3.8) is 0 Å². The molecule has 0 spiro atoms. The molecule has 2 saturated carbocycles. The fourth-order valence-electron chi connectivity index (χ4n) is 7.36. The Kier molecular flexibility index (Phi) is 28.6. The molecule has 4 aliphatic rings. The van der Waals surface area contributed by atoms with Crippen LogP contribution in [0.5, 0.6) is 0 Å². The highest BCUT2D eigenvalue weighted by Crippen LogP contribution is 2.33. The lowest BCUT2D eigenvalue weighted by Crippen LogP contribution is -2.21. The first-order valence-corrected chi connectivity index (χ1v) is 20.6. The van der Waals surface area contributed by atoms with E-state index in [1.54, 1.807) is 0 Å². The summed E-state index contributed by atoms with van der Waals surface area (Å²) in [5.74, 6) is 9.17. The van der Waals surface area contributed by atoms with Gasteiger partial charge in [-0.05, 0) is 130 Å². The molecule has 0 aromatic carbocycles. The zero-order chi connectivity index (χ0) is 34.9. The third kappa shape index (κ3) is 25.8. The van der Waals surface area contributed by atoms with Gasteiger partial charge < -0.3 is 14.6 Å². The minimum absolute atomic E-state index is 0.00926. The van der Waals surface area contributed by atoms with Gasteiger partial charge in [-0.2, -0.15) is 0 Å². The van der Waals surface area contributed by atoms with Gasteiger partial charge in [0, 0.05) is 26.4 Å². The van der Waals surface area contributed by atoms with E-state index < -0.39 is 0 Å². The second-order valence-corrected chi connectivity index (χ2v) is 17.5. The molecular formula is C43H88O3. The predicted octanol–water partition coefficient (Wildman–Crippen LogP) is 13.0. The molecule has 2 heterocycles. The smallest absolute Gasteiger partial charge is 0.0540 e. The number of ether oxygens (including phenoxy) is 2. The second kappa shape index (κ2) is 28.7. The van der Waals surface area contributed by atoms with Crippen LogP contribution >= 0.6 is 0 Å². The normalized spacial score (nSPS) is 26.0. The van der Waals surface area contributed by atoms with Gasteiger partial charge in [-0.3, -0.25) is 0 Å². The molecule has 0 amide bonds. The number of aliphatic hydroxyl groups is 1. The SMILES string of the molecule is CC(C)C1CCC(O)CC1.CC(C)C1CCOCC1.CC(C)CC1CCOCC1.CC1CCC(C(C)C)CC1.CCCCC(C)C. The third-order valence-corrected chi connectivity index (χ3v) is 11.2. The standard InChI is InChI=1S/C10H20.2C9H18O.C8H16O.C7H16/c1-8(2)10-6-4-9(3)5-7-10;1-8(2)7-9-3-5-10-6-4-9;1-7(2)8-3-5-9(10)6-4-8;1-7(2)8-3-5-9-6-4-8;1-4-5-6-7(2)3/h8-10H,4-7H2,1-3H3;8-9H,3-7H2,1-2H3;7-10H,3-6H2,1-2H3;7-8H,3-6H2,1-2H3;7H,4-6H2,1-3H3. The minimum Gasteiger partial charge on any atom is -0.393 e. The second-order valence-electron chi connectivity index (χ2n) is 17.5. The van der Waals surface area contributed by atoms with E-state index >= 15 is 0 Å². The predicted molar refractivity (Wildman–Crippen MR) is 205 cm³/mol. The zero-order valence-electron chi connectivity index (χ0n) is 33.8. The van der Waals surface area contributed by atoms with Crippen molar-refractivity contribution in [2.45, 2.75) is 192 Å². The highest BCUT2D eigenvalue weighted by atomic mass is 16.5. The van der Waals surface area contributed by atoms with Gasteiger partial charge >= 0.3 is 0 Å². The first-order valence-electron chi connectivity index (χ1n) is 20.6. The Morgan fingerprint density at radius 3 is 1.24 bits per heavy atom. The maximum absolute atomic E-state index is 9.21. The van der Waals surface area contributed by atoms with E-state index in [-0.39, 0.29) is 6.10 Å². The van der Waals surface area contributed by atoms with Crippen molar-refractivity contribution in [2.24, 2.45) is 59.2 Å². The Balaban J connectivity index is 0.000000554. The lowest BCUT2D eigenvalue weighted by atomic mass is 9.78. The van der Waals surface area contributed by atoms with Crippen LogP contribution in [0.3, 0.4) is 0 Å². The maximum atomic E-state index is 9.21. The van der Waals surface area contributed by atoms with Crippen LogP contribution in [0.1, 0.15) is 186 Å².